The van der Waals surface area contributed by atoms with Gasteiger partial charge in [-0.15, -0.1) is 0 Å². The summed E-state index contributed by atoms with van der Waals surface area (Å²) in [6.45, 7) is 5.99. The van der Waals surface area contributed by atoms with Gasteiger partial charge in [0.15, 0.2) is 0 Å². The number of hydrogen-bond acceptors (Lipinski definition) is 8. The molecule has 0 aromatic heterocycles. The normalized spacial score (nSPS) is 9.93. The molecule has 0 atom stereocenters. The Hall–Kier alpha value is -3.72. The van der Waals surface area contributed by atoms with Gasteiger partial charge < -0.3 is 25.4 Å². The molecular weight excluding hydrogens is 362 g/mol. The van der Waals surface area contributed by atoms with Crippen LogP contribution in [-0.2, 0) is 9.47 Å². The molecule has 9 heteroatoms. The Morgan fingerprint density at radius 1 is 1.14 bits per heavy atom. The summed E-state index contributed by atoms with van der Waals surface area (Å²) >= 11 is 0. The minimum absolute atomic E-state index is 0.124. The van der Waals surface area contributed by atoms with Crippen LogP contribution >= 0.6 is 0 Å². The number of rotatable bonds is 7. The number of methoxy groups -OCH3 is 1. The summed E-state index contributed by atoms with van der Waals surface area (Å²) < 4.78 is 9.84. The Kier molecular flexibility index (Phi) is 8.32. The van der Waals surface area contributed by atoms with Gasteiger partial charge in [-0.2, -0.15) is 10.5 Å². The van der Waals surface area contributed by atoms with E-state index in [1.165, 1.54) is 19.4 Å². The number of amides is 1. The zero-order chi connectivity index (χ0) is 21.2. The van der Waals surface area contributed by atoms with Crippen molar-refractivity contribution in [3.8, 4) is 12.1 Å². The molecule has 0 fully saturated rings. The highest BCUT2D eigenvalue weighted by molar-refractivity contribution is 5.92. The van der Waals surface area contributed by atoms with E-state index < -0.39 is 17.7 Å². The fourth-order valence-electron chi connectivity index (χ4n) is 1.98. The van der Waals surface area contributed by atoms with Gasteiger partial charge in [0, 0.05) is 19.3 Å². The predicted octanol–water partition coefficient (Wildman–Crippen LogP) is 2.75. The summed E-state index contributed by atoms with van der Waals surface area (Å²) in [5.74, 6) is -0.522. The van der Waals surface area contributed by atoms with Crippen molar-refractivity contribution >= 4 is 23.4 Å². The highest BCUT2D eigenvalue weighted by Gasteiger charge is 2.15. The summed E-state index contributed by atoms with van der Waals surface area (Å²) in [6, 6.07) is 8.22. The van der Waals surface area contributed by atoms with Gasteiger partial charge in [-0.25, -0.2) is 9.59 Å². The van der Waals surface area contributed by atoms with Crippen LogP contribution < -0.4 is 16.0 Å². The van der Waals surface area contributed by atoms with Crippen LogP contribution in [0, 0.1) is 22.7 Å². The maximum atomic E-state index is 11.7. The Bertz CT molecular complexity index is 812. The van der Waals surface area contributed by atoms with Gasteiger partial charge in [0.25, 0.3) is 0 Å². The first-order valence-electron chi connectivity index (χ1n) is 8.40. The number of carbonyl (C=O) groups is 2. The summed E-state index contributed by atoms with van der Waals surface area (Å²) in [6.07, 6.45) is 0.713. The van der Waals surface area contributed by atoms with E-state index in [0.29, 0.717) is 30.0 Å². The van der Waals surface area contributed by atoms with Crippen molar-refractivity contribution in [1.29, 1.82) is 10.5 Å². The van der Waals surface area contributed by atoms with Crippen molar-refractivity contribution in [3.05, 3.63) is 35.5 Å². The summed E-state index contributed by atoms with van der Waals surface area (Å²) in [5, 5.41) is 26.2. The van der Waals surface area contributed by atoms with Crippen LogP contribution in [-0.4, -0.2) is 37.9 Å². The number of hydrogen-bond donors (Lipinski definition) is 3. The van der Waals surface area contributed by atoms with Crippen LogP contribution in [0.2, 0.25) is 0 Å². The molecule has 0 radical (unpaired) electrons. The maximum Gasteiger partial charge on any atom is 0.407 e. The molecule has 0 saturated carbocycles. The minimum atomic E-state index is -0.580. The summed E-state index contributed by atoms with van der Waals surface area (Å²) in [7, 11) is 1.27. The molecule has 0 heterocycles. The van der Waals surface area contributed by atoms with E-state index in [-0.39, 0.29) is 5.57 Å². The monoisotopic (exact) mass is 385 g/mol. The van der Waals surface area contributed by atoms with Crippen molar-refractivity contribution < 1.29 is 19.1 Å². The lowest BCUT2D eigenvalue weighted by atomic mass is 10.1. The van der Waals surface area contributed by atoms with Crippen LogP contribution in [0.1, 0.15) is 31.1 Å². The molecule has 0 aliphatic carbocycles. The molecule has 9 nitrogen and oxygen atoms in total. The van der Waals surface area contributed by atoms with Gasteiger partial charge in [0.2, 0.25) is 0 Å². The smallest absolute Gasteiger partial charge is 0.407 e. The van der Waals surface area contributed by atoms with E-state index in [4.69, 9.17) is 20.0 Å². The number of anilines is 2. The number of esters is 1. The number of alkyl carbamates (subject to hydrolysis) is 1. The second-order valence-electron chi connectivity index (χ2n) is 6.53. The van der Waals surface area contributed by atoms with E-state index in [9.17, 15) is 9.59 Å². The lowest BCUT2D eigenvalue weighted by Crippen LogP contribution is -2.35. The van der Waals surface area contributed by atoms with Gasteiger partial charge in [0.1, 0.15) is 23.3 Å². The molecule has 1 aromatic carbocycles. The molecular formula is C19H23N5O4. The first-order valence-corrected chi connectivity index (χ1v) is 8.40. The lowest BCUT2D eigenvalue weighted by Gasteiger charge is -2.20. The SMILES string of the molecule is COC(=O)c1ccc(NCCNC(=O)OC(C)(C)C)c(NC=C(C#N)C#N)c1. The molecule has 28 heavy (non-hydrogen) atoms. The van der Waals surface area contributed by atoms with Crippen molar-refractivity contribution in [2.75, 3.05) is 30.8 Å². The molecule has 148 valence electrons. The number of nitrogens with zero attached hydrogens (tertiary/aromatic N) is 2. The minimum Gasteiger partial charge on any atom is -0.465 e. The molecule has 0 aliphatic heterocycles. The van der Waals surface area contributed by atoms with Gasteiger partial charge in [0.05, 0.1) is 24.0 Å². The van der Waals surface area contributed by atoms with Crippen LogP contribution in [0.25, 0.3) is 0 Å². The molecule has 0 spiro atoms. The van der Waals surface area contributed by atoms with E-state index in [2.05, 4.69) is 16.0 Å². The van der Waals surface area contributed by atoms with Crippen molar-refractivity contribution in [1.82, 2.24) is 5.32 Å². The predicted molar refractivity (Wildman–Crippen MR) is 103 cm³/mol. The molecule has 1 aromatic rings. The molecule has 1 rings (SSSR count). The molecule has 0 unspecified atom stereocenters. The van der Waals surface area contributed by atoms with E-state index in [0.717, 1.165) is 0 Å². The highest BCUT2D eigenvalue weighted by Crippen LogP contribution is 2.24. The molecule has 3 N–H and O–H groups in total. The Labute approximate surface area is 163 Å². The highest BCUT2D eigenvalue weighted by atomic mass is 16.6. The van der Waals surface area contributed by atoms with E-state index in [1.54, 1.807) is 45.0 Å². The summed E-state index contributed by atoms with van der Waals surface area (Å²) in [4.78, 5) is 23.4. The van der Waals surface area contributed by atoms with E-state index in [1.807, 2.05) is 0 Å². The quantitative estimate of drug-likeness (QED) is 0.370. The Morgan fingerprint density at radius 2 is 1.82 bits per heavy atom. The largest absolute Gasteiger partial charge is 0.465 e. The standard InChI is InChI=1S/C19H23N5O4/c1-19(2,3)28-18(26)23-8-7-22-15-6-5-14(17(25)27-4)9-16(15)24-12-13(10-20)11-21/h5-6,9,12,22,24H,7-8H2,1-4H3,(H,23,26). The van der Waals surface area contributed by atoms with E-state index >= 15 is 0 Å². The second kappa shape index (κ2) is 10.4. The van der Waals surface area contributed by atoms with Gasteiger partial charge in [-0.3, -0.25) is 0 Å². The van der Waals surface area contributed by atoms with Crippen molar-refractivity contribution in [2.24, 2.45) is 0 Å². The lowest BCUT2D eigenvalue weighted by molar-refractivity contribution is 0.0528. The average molecular weight is 385 g/mol. The van der Waals surface area contributed by atoms with Crippen LogP contribution in [0.15, 0.2) is 30.0 Å². The molecule has 0 bridgehead atoms. The Balaban J connectivity index is 2.82. The molecule has 0 aliphatic rings. The maximum absolute atomic E-state index is 11.7. The number of benzene rings is 1. The van der Waals surface area contributed by atoms with Gasteiger partial charge in [-0.05, 0) is 39.0 Å². The second-order valence-corrected chi connectivity index (χ2v) is 6.53. The topological polar surface area (TPSA) is 136 Å². The third-order valence-corrected chi connectivity index (χ3v) is 3.16. The first kappa shape index (κ1) is 22.3. The zero-order valence-corrected chi connectivity index (χ0v) is 16.3. The molecule has 1 amide bonds. The Morgan fingerprint density at radius 3 is 2.39 bits per heavy atom. The molecule has 0 saturated heterocycles. The van der Waals surface area contributed by atoms with Gasteiger partial charge in [-0.1, -0.05) is 0 Å². The third-order valence-electron chi connectivity index (χ3n) is 3.16. The first-order chi connectivity index (χ1) is 13.2. The number of allylic oxidation sites excluding steroid dienone is 1. The van der Waals surface area contributed by atoms with Crippen LogP contribution in [0.5, 0.6) is 0 Å². The van der Waals surface area contributed by atoms with Crippen molar-refractivity contribution in [3.63, 3.8) is 0 Å². The number of carbonyl (C=O) groups excluding carboxylic acids is 2. The average Bonchev–Trinajstić information content (AvgIpc) is 2.64. The summed E-state index contributed by atoms with van der Waals surface area (Å²) in [5.41, 5.74) is 0.657. The third kappa shape index (κ3) is 7.67. The number of nitriles is 2. The van der Waals surface area contributed by atoms with Crippen LogP contribution in [0.4, 0.5) is 16.2 Å². The number of ether oxygens (including phenoxy) is 2. The van der Waals surface area contributed by atoms with Crippen LogP contribution in [0.3, 0.4) is 0 Å². The zero-order valence-electron chi connectivity index (χ0n) is 16.3. The number of nitrogens with one attached hydrogen (secondary N) is 3. The fraction of sp³-hybridized carbons (Fsp3) is 0.368. The van der Waals surface area contributed by atoms with Crippen molar-refractivity contribution in [2.45, 2.75) is 26.4 Å². The fourth-order valence-corrected chi connectivity index (χ4v) is 1.98. The van der Waals surface area contributed by atoms with Gasteiger partial charge >= 0.3 is 12.1 Å².